The minimum Gasteiger partial charge on any atom is -0.392 e. The highest BCUT2D eigenvalue weighted by molar-refractivity contribution is 5.97. The molecule has 9 nitrogen and oxygen atoms in total. The third-order valence-corrected chi connectivity index (χ3v) is 3.53. The highest BCUT2D eigenvalue weighted by atomic mass is 16.5. The molecule has 0 bridgehead atoms. The highest BCUT2D eigenvalue weighted by Crippen LogP contribution is 2.09. The summed E-state index contributed by atoms with van der Waals surface area (Å²) in [6.07, 6.45) is 0.136. The van der Waals surface area contributed by atoms with E-state index >= 15 is 0 Å². The molecule has 9 heteroatoms. The van der Waals surface area contributed by atoms with Crippen LogP contribution in [0.3, 0.4) is 0 Å². The normalized spacial score (nSPS) is 11.5. The second-order valence-electron chi connectivity index (χ2n) is 5.77. The molecule has 0 aromatic heterocycles. The van der Waals surface area contributed by atoms with Gasteiger partial charge in [-0.3, -0.25) is 14.4 Å². The number of hydrogen-bond donors (Lipinski definition) is 4. The third kappa shape index (κ3) is 9.69. The molecule has 0 spiro atoms. The molecule has 0 saturated heterocycles. The zero-order valence-corrected chi connectivity index (χ0v) is 15.6. The molecule has 1 unspecified atom stereocenters. The fraction of sp³-hybridized carbons (Fsp3) is 0.500. The lowest BCUT2D eigenvalue weighted by Crippen LogP contribution is -2.46. The predicted octanol–water partition coefficient (Wildman–Crippen LogP) is -0.209. The van der Waals surface area contributed by atoms with E-state index in [0.717, 1.165) is 5.56 Å². The molecule has 0 saturated carbocycles. The van der Waals surface area contributed by atoms with E-state index in [-0.39, 0.29) is 32.1 Å². The summed E-state index contributed by atoms with van der Waals surface area (Å²) in [7, 11) is 1.56. The minimum atomic E-state index is -0.774. The summed E-state index contributed by atoms with van der Waals surface area (Å²) in [5.41, 5.74) is 1.29. The Morgan fingerprint density at radius 2 is 1.78 bits per heavy atom. The fourth-order valence-electron chi connectivity index (χ4n) is 1.98. The van der Waals surface area contributed by atoms with Gasteiger partial charge < -0.3 is 30.5 Å². The Labute approximate surface area is 158 Å². The van der Waals surface area contributed by atoms with E-state index < -0.39 is 17.9 Å². The van der Waals surface area contributed by atoms with Crippen molar-refractivity contribution >= 4 is 23.4 Å². The molecule has 0 aliphatic carbocycles. The number of aliphatic hydroxyl groups excluding tert-OH is 1. The average Bonchev–Trinajstić information content (AvgIpc) is 2.66. The van der Waals surface area contributed by atoms with E-state index in [1.807, 2.05) is 0 Å². The van der Waals surface area contributed by atoms with Crippen molar-refractivity contribution in [1.82, 2.24) is 10.6 Å². The summed E-state index contributed by atoms with van der Waals surface area (Å²) < 4.78 is 9.98. The number of amides is 3. The largest absolute Gasteiger partial charge is 0.392 e. The molecule has 150 valence electrons. The Morgan fingerprint density at radius 1 is 1.07 bits per heavy atom. The van der Waals surface area contributed by atoms with Crippen molar-refractivity contribution in [3.05, 3.63) is 29.8 Å². The standard InChI is InChI=1S/C18H27N3O6/c1-13(18(25)21-15-5-3-14(12-22)4-6-15)20-17(24)11-19-16(23)7-8-27-10-9-26-2/h3-6,13,22H,7-12H2,1-2H3,(H,19,23)(H,20,24)(H,21,25). The van der Waals surface area contributed by atoms with E-state index in [9.17, 15) is 14.4 Å². The fourth-order valence-corrected chi connectivity index (χ4v) is 1.98. The van der Waals surface area contributed by atoms with Crippen molar-refractivity contribution in [2.24, 2.45) is 0 Å². The van der Waals surface area contributed by atoms with Gasteiger partial charge in [0.25, 0.3) is 0 Å². The zero-order valence-electron chi connectivity index (χ0n) is 15.6. The Bertz CT molecular complexity index is 606. The van der Waals surface area contributed by atoms with Gasteiger partial charge in [-0.05, 0) is 24.6 Å². The smallest absolute Gasteiger partial charge is 0.246 e. The molecule has 0 fully saturated rings. The molecule has 4 N–H and O–H groups in total. The SMILES string of the molecule is COCCOCCC(=O)NCC(=O)NC(C)C(=O)Nc1ccc(CO)cc1. The van der Waals surface area contributed by atoms with Gasteiger partial charge in [-0.25, -0.2) is 0 Å². The first-order chi connectivity index (χ1) is 13.0. The molecular weight excluding hydrogens is 354 g/mol. The molecule has 0 aliphatic rings. The van der Waals surface area contributed by atoms with Crippen molar-refractivity contribution in [1.29, 1.82) is 0 Å². The molecule has 0 radical (unpaired) electrons. The van der Waals surface area contributed by atoms with Crippen LogP contribution in [0.2, 0.25) is 0 Å². The van der Waals surface area contributed by atoms with Gasteiger partial charge >= 0.3 is 0 Å². The van der Waals surface area contributed by atoms with Crippen LogP contribution in [0.5, 0.6) is 0 Å². The van der Waals surface area contributed by atoms with Crippen LogP contribution in [0, 0.1) is 0 Å². The second-order valence-corrected chi connectivity index (χ2v) is 5.77. The maximum Gasteiger partial charge on any atom is 0.246 e. The predicted molar refractivity (Wildman–Crippen MR) is 98.9 cm³/mol. The van der Waals surface area contributed by atoms with Gasteiger partial charge in [0.05, 0.1) is 33.0 Å². The number of benzene rings is 1. The van der Waals surface area contributed by atoms with Crippen LogP contribution in [0.25, 0.3) is 0 Å². The number of ether oxygens (including phenoxy) is 2. The van der Waals surface area contributed by atoms with Crippen LogP contribution in [0.1, 0.15) is 18.9 Å². The van der Waals surface area contributed by atoms with E-state index in [4.69, 9.17) is 14.6 Å². The molecule has 1 aromatic carbocycles. The van der Waals surface area contributed by atoms with Gasteiger partial charge in [-0.15, -0.1) is 0 Å². The van der Waals surface area contributed by atoms with Gasteiger partial charge in [-0.1, -0.05) is 12.1 Å². The van der Waals surface area contributed by atoms with Gasteiger partial charge in [0.1, 0.15) is 6.04 Å². The van der Waals surface area contributed by atoms with E-state index in [0.29, 0.717) is 18.9 Å². The summed E-state index contributed by atoms with van der Waals surface area (Å²) in [6, 6.07) is 5.92. The van der Waals surface area contributed by atoms with Crippen LogP contribution in [0.15, 0.2) is 24.3 Å². The van der Waals surface area contributed by atoms with Gasteiger partial charge in [0.15, 0.2) is 0 Å². The van der Waals surface area contributed by atoms with Crippen LogP contribution < -0.4 is 16.0 Å². The first kappa shape index (κ1) is 22.6. The highest BCUT2D eigenvalue weighted by Gasteiger charge is 2.16. The second kappa shape index (κ2) is 12.8. The number of aliphatic hydroxyl groups is 1. The number of hydrogen-bond acceptors (Lipinski definition) is 6. The Balaban J connectivity index is 2.25. The molecule has 27 heavy (non-hydrogen) atoms. The Morgan fingerprint density at radius 3 is 2.41 bits per heavy atom. The maximum absolute atomic E-state index is 12.1. The molecule has 3 amide bonds. The third-order valence-electron chi connectivity index (χ3n) is 3.53. The van der Waals surface area contributed by atoms with Crippen molar-refractivity contribution in [2.75, 3.05) is 38.8 Å². The van der Waals surface area contributed by atoms with Crippen molar-refractivity contribution in [2.45, 2.75) is 26.0 Å². The van der Waals surface area contributed by atoms with Gasteiger partial charge in [0, 0.05) is 19.2 Å². The number of carbonyl (C=O) groups is 3. The van der Waals surface area contributed by atoms with Crippen LogP contribution in [0.4, 0.5) is 5.69 Å². The lowest BCUT2D eigenvalue weighted by atomic mass is 10.2. The number of carbonyl (C=O) groups excluding carboxylic acids is 3. The summed E-state index contributed by atoms with van der Waals surface area (Å²) in [5, 5.41) is 16.6. The maximum atomic E-state index is 12.1. The van der Waals surface area contributed by atoms with Crippen molar-refractivity contribution < 1.29 is 29.0 Å². The summed E-state index contributed by atoms with van der Waals surface area (Å²) >= 11 is 0. The van der Waals surface area contributed by atoms with Gasteiger partial charge in [-0.2, -0.15) is 0 Å². The topological polar surface area (TPSA) is 126 Å². The van der Waals surface area contributed by atoms with Crippen LogP contribution in [-0.2, 0) is 30.5 Å². The van der Waals surface area contributed by atoms with E-state index in [1.54, 1.807) is 38.3 Å². The first-order valence-electron chi connectivity index (χ1n) is 8.59. The minimum absolute atomic E-state index is 0.0777. The van der Waals surface area contributed by atoms with E-state index in [1.165, 1.54) is 0 Å². The number of methoxy groups -OCH3 is 1. The lowest BCUT2D eigenvalue weighted by Gasteiger charge is -2.14. The lowest BCUT2D eigenvalue weighted by molar-refractivity contribution is -0.128. The number of anilines is 1. The van der Waals surface area contributed by atoms with Crippen molar-refractivity contribution in [3.63, 3.8) is 0 Å². The molecular formula is C18H27N3O6. The summed E-state index contributed by atoms with van der Waals surface area (Å²) in [4.78, 5) is 35.5. The summed E-state index contributed by atoms with van der Waals surface area (Å²) in [6.45, 7) is 2.34. The van der Waals surface area contributed by atoms with Gasteiger partial charge in [0.2, 0.25) is 17.7 Å². The zero-order chi connectivity index (χ0) is 20.1. The quantitative estimate of drug-likeness (QED) is 0.371. The number of rotatable bonds is 12. The Hall–Kier alpha value is -2.49. The molecule has 0 aliphatic heterocycles. The Kier molecular flexibility index (Phi) is 10.7. The molecule has 1 atom stereocenters. The summed E-state index contributed by atoms with van der Waals surface area (Å²) in [5.74, 6) is -1.18. The van der Waals surface area contributed by atoms with Crippen molar-refractivity contribution in [3.8, 4) is 0 Å². The first-order valence-corrected chi connectivity index (χ1v) is 8.59. The molecule has 0 heterocycles. The van der Waals surface area contributed by atoms with Crippen LogP contribution in [-0.4, -0.2) is 62.3 Å². The van der Waals surface area contributed by atoms with E-state index in [2.05, 4.69) is 16.0 Å². The molecule has 1 aromatic rings. The monoisotopic (exact) mass is 381 g/mol. The number of nitrogens with one attached hydrogen (secondary N) is 3. The average molecular weight is 381 g/mol. The molecule has 1 rings (SSSR count). The van der Waals surface area contributed by atoms with Crippen LogP contribution >= 0.6 is 0 Å².